The number of carbonyl (C=O) groups is 1. The summed E-state index contributed by atoms with van der Waals surface area (Å²) in [6, 6.07) is 11.0. The molecule has 0 heterocycles. The zero-order chi connectivity index (χ0) is 31.0. The summed E-state index contributed by atoms with van der Waals surface area (Å²) in [5, 5.41) is 2.19. The maximum Gasteiger partial charge on any atom is 0.416 e. The summed E-state index contributed by atoms with van der Waals surface area (Å²) in [6.07, 6.45) is -19.1. The van der Waals surface area contributed by atoms with Crippen molar-refractivity contribution in [2.24, 2.45) is 5.92 Å². The van der Waals surface area contributed by atoms with E-state index in [2.05, 4.69) is 5.32 Å². The van der Waals surface area contributed by atoms with E-state index in [1.807, 2.05) is 18.2 Å². The third-order valence-corrected chi connectivity index (χ3v) is 5.82. The molecule has 4 rings (SSSR count). The van der Waals surface area contributed by atoms with Crippen LogP contribution in [-0.4, -0.2) is 5.91 Å². The van der Waals surface area contributed by atoms with Crippen LogP contribution in [0.25, 0.3) is 0 Å². The number of alkyl halides is 12. The second-order valence-corrected chi connectivity index (χ2v) is 8.98. The van der Waals surface area contributed by atoms with Crippen molar-refractivity contribution in [1.29, 1.82) is 0 Å². The minimum atomic E-state index is -4.95. The SMILES string of the molecule is Nc1cc(C(F)(F)F)cc(C(F)(F)F)c1.O=C(Nc1cc(C(F)(F)F)cc(C(F)(F)F)c1)C1CC1c1ccccc1. The second kappa shape index (κ2) is 11.2. The lowest BCUT2D eigenvalue weighted by Gasteiger charge is -2.14. The highest BCUT2D eigenvalue weighted by atomic mass is 19.4. The van der Waals surface area contributed by atoms with Gasteiger partial charge >= 0.3 is 24.7 Å². The van der Waals surface area contributed by atoms with Crippen molar-refractivity contribution < 1.29 is 57.5 Å². The molecule has 1 saturated carbocycles. The van der Waals surface area contributed by atoms with Gasteiger partial charge in [0.15, 0.2) is 0 Å². The summed E-state index contributed by atoms with van der Waals surface area (Å²) in [5.74, 6) is -1.14. The Morgan fingerprint density at radius 1 is 0.634 bits per heavy atom. The highest BCUT2D eigenvalue weighted by Gasteiger charge is 2.44. The minimum absolute atomic E-state index is 0.0242. The number of carbonyl (C=O) groups excluding carboxylic acids is 1. The molecule has 3 aromatic rings. The molecule has 2 atom stereocenters. The van der Waals surface area contributed by atoms with E-state index in [0.717, 1.165) is 5.56 Å². The zero-order valence-electron chi connectivity index (χ0n) is 20.2. The van der Waals surface area contributed by atoms with Crippen LogP contribution in [0.4, 0.5) is 64.1 Å². The molecule has 3 N–H and O–H groups in total. The van der Waals surface area contributed by atoms with Gasteiger partial charge in [-0.15, -0.1) is 0 Å². The molecule has 0 saturated heterocycles. The summed E-state index contributed by atoms with van der Waals surface area (Å²) in [6.45, 7) is 0. The van der Waals surface area contributed by atoms with Gasteiger partial charge < -0.3 is 11.1 Å². The van der Waals surface area contributed by atoms with E-state index >= 15 is 0 Å². The number of hydrogen-bond donors (Lipinski definition) is 2. The van der Waals surface area contributed by atoms with Gasteiger partial charge in [0.25, 0.3) is 0 Å². The lowest BCUT2D eigenvalue weighted by molar-refractivity contribution is -0.144. The number of rotatable bonds is 3. The first-order valence-electron chi connectivity index (χ1n) is 11.4. The summed E-state index contributed by atoms with van der Waals surface area (Å²) in [5.41, 5.74) is -0.963. The van der Waals surface area contributed by atoms with E-state index in [1.165, 1.54) is 0 Å². The average molecular weight is 602 g/mol. The first-order chi connectivity index (χ1) is 18.7. The van der Waals surface area contributed by atoms with Crippen LogP contribution in [0, 0.1) is 5.92 Å². The molecule has 2 unspecified atom stereocenters. The first kappa shape index (κ1) is 31.6. The van der Waals surface area contributed by atoms with Crippen molar-refractivity contribution in [3.05, 3.63) is 94.5 Å². The molecule has 1 fully saturated rings. The maximum absolute atomic E-state index is 12.8. The first-order valence-corrected chi connectivity index (χ1v) is 11.4. The molecule has 0 aliphatic heterocycles. The number of anilines is 2. The van der Waals surface area contributed by atoms with Crippen molar-refractivity contribution in [2.45, 2.75) is 37.0 Å². The standard InChI is InChI=1S/C18H13F6NO.C8H5F6N/c19-17(20,21)11-6-12(18(22,23)24)8-13(7-11)25-16(26)15-9-14(15)10-4-2-1-3-5-10;9-7(10,11)4-1-5(8(12,13)14)3-6(15)2-4/h1-8,14-15H,9H2,(H,25,26);1-3H,15H2. The molecule has 3 nitrogen and oxygen atoms in total. The molecule has 1 amide bonds. The largest absolute Gasteiger partial charge is 0.416 e. The fourth-order valence-electron chi connectivity index (χ4n) is 3.79. The monoisotopic (exact) mass is 602 g/mol. The van der Waals surface area contributed by atoms with Crippen LogP contribution in [0.2, 0.25) is 0 Å². The Labute approximate surface area is 224 Å². The molecule has 0 spiro atoms. The van der Waals surface area contributed by atoms with Crippen LogP contribution >= 0.6 is 0 Å². The fourth-order valence-corrected chi connectivity index (χ4v) is 3.79. The lowest BCUT2D eigenvalue weighted by Crippen LogP contribution is -2.17. The Kier molecular flexibility index (Phi) is 8.61. The Morgan fingerprint density at radius 2 is 1.02 bits per heavy atom. The molecule has 3 aromatic carbocycles. The van der Waals surface area contributed by atoms with Crippen LogP contribution in [-0.2, 0) is 29.5 Å². The van der Waals surface area contributed by atoms with Crippen molar-refractivity contribution >= 4 is 17.3 Å². The normalized spacial score (nSPS) is 17.4. The predicted molar refractivity (Wildman–Crippen MR) is 123 cm³/mol. The quantitative estimate of drug-likeness (QED) is 0.233. The third kappa shape index (κ3) is 8.54. The van der Waals surface area contributed by atoms with Gasteiger partial charge in [-0.05, 0) is 54.3 Å². The molecule has 1 aliphatic carbocycles. The summed E-state index contributed by atoms with van der Waals surface area (Å²) >= 11 is 0. The van der Waals surface area contributed by atoms with Crippen molar-refractivity contribution in [2.75, 3.05) is 11.1 Å². The average Bonchev–Trinajstić information content (AvgIpc) is 3.64. The topological polar surface area (TPSA) is 55.1 Å². The van der Waals surface area contributed by atoms with Gasteiger partial charge in [-0.1, -0.05) is 30.3 Å². The number of hydrogen-bond acceptors (Lipinski definition) is 2. The van der Waals surface area contributed by atoms with Gasteiger partial charge in [-0.25, -0.2) is 0 Å². The summed E-state index contributed by atoms with van der Waals surface area (Å²) < 4.78 is 150. The van der Waals surface area contributed by atoms with Crippen molar-refractivity contribution in [3.63, 3.8) is 0 Å². The maximum atomic E-state index is 12.8. The molecular formula is C26H18F12N2O. The highest BCUT2D eigenvalue weighted by molar-refractivity contribution is 5.95. The predicted octanol–water partition coefficient (Wildman–Crippen LogP) is 8.77. The number of nitrogen functional groups attached to an aromatic ring is 1. The fraction of sp³-hybridized carbons (Fsp3) is 0.269. The highest BCUT2D eigenvalue weighted by Crippen LogP contribution is 2.48. The Bertz CT molecular complexity index is 1310. The third-order valence-electron chi connectivity index (χ3n) is 5.82. The van der Waals surface area contributed by atoms with E-state index < -0.39 is 70.2 Å². The van der Waals surface area contributed by atoms with E-state index in [0.29, 0.717) is 30.7 Å². The van der Waals surface area contributed by atoms with Gasteiger partial charge in [0, 0.05) is 17.3 Å². The molecular weight excluding hydrogens is 584 g/mol. The van der Waals surface area contributed by atoms with Crippen LogP contribution in [0.3, 0.4) is 0 Å². The minimum Gasteiger partial charge on any atom is -0.399 e. The van der Waals surface area contributed by atoms with Crippen LogP contribution in [0.15, 0.2) is 66.7 Å². The van der Waals surface area contributed by atoms with E-state index in [9.17, 15) is 57.5 Å². The Morgan fingerprint density at radius 3 is 1.41 bits per heavy atom. The summed E-state index contributed by atoms with van der Waals surface area (Å²) in [7, 11) is 0. The molecule has 0 radical (unpaired) electrons. The van der Waals surface area contributed by atoms with Gasteiger partial charge in [0.2, 0.25) is 5.91 Å². The molecule has 222 valence electrons. The number of halogens is 12. The van der Waals surface area contributed by atoms with Gasteiger partial charge in [-0.2, -0.15) is 52.7 Å². The van der Waals surface area contributed by atoms with Crippen LogP contribution in [0.5, 0.6) is 0 Å². The molecule has 41 heavy (non-hydrogen) atoms. The molecule has 0 aromatic heterocycles. The summed E-state index contributed by atoms with van der Waals surface area (Å²) in [4.78, 5) is 12.2. The van der Waals surface area contributed by atoms with E-state index in [4.69, 9.17) is 5.73 Å². The molecule has 15 heteroatoms. The van der Waals surface area contributed by atoms with E-state index in [-0.39, 0.29) is 18.1 Å². The Balaban J connectivity index is 0.000000263. The molecule has 1 aliphatic rings. The molecule has 0 bridgehead atoms. The van der Waals surface area contributed by atoms with Crippen LogP contribution < -0.4 is 11.1 Å². The number of nitrogens with one attached hydrogen (secondary N) is 1. The smallest absolute Gasteiger partial charge is 0.399 e. The number of nitrogens with two attached hydrogens (primary N) is 1. The Hall–Kier alpha value is -3.91. The van der Waals surface area contributed by atoms with E-state index in [1.54, 1.807) is 12.1 Å². The van der Waals surface area contributed by atoms with Gasteiger partial charge in [0.05, 0.1) is 22.3 Å². The van der Waals surface area contributed by atoms with Crippen LogP contribution in [0.1, 0.15) is 40.2 Å². The second-order valence-electron chi connectivity index (χ2n) is 8.98. The van der Waals surface area contributed by atoms with Gasteiger partial charge in [0.1, 0.15) is 0 Å². The van der Waals surface area contributed by atoms with Crippen molar-refractivity contribution in [3.8, 4) is 0 Å². The zero-order valence-corrected chi connectivity index (χ0v) is 20.2. The van der Waals surface area contributed by atoms with Crippen molar-refractivity contribution in [1.82, 2.24) is 0 Å². The number of benzene rings is 3. The lowest BCUT2D eigenvalue weighted by atomic mass is 10.1. The number of amides is 1. The van der Waals surface area contributed by atoms with Gasteiger partial charge in [-0.3, -0.25) is 4.79 Å².